The molecule has 7 heteroatoms. The fourth-order valence-electron chi connectivity index (χ4n) is 2.00. The molecule has 2 aromatic rings. The van der Waals surface area contributed by atoms with Crippen molar-refractivity contribution in [2.45, 2.75) is 0 Å². The van der Waals surface area contributed by atoms with Crippen LogP contribution < -0.4 is 5.32 Å². The molecule has 0 unspecified atom stereocenters. The third-order valence-electron chi connectivity index (χ3n) is 3.32. The number of benzene rings is 2. The zero-order chi connectivity index (χ0) is 18.4. The molecule has 0 radical (unpaired) electrons. The fourth-order valence-corrected chi connectivity index (χ4v) is 2.00. The first kappa shape index (κ1) is 17.9. The van der Waals surface area contributed by atoms with Gasteiger partial charge in [-0.3, -0.25) is 9.59 Å². The van der Waals surface area contributed by atoms with Crippen LogP contribution in [0.3, 0.4) is 0 Å². The Hall–Kier alpha value is -3.48. The number of ether oxygens (including phenoxy) is 2. The highest BCUT2D eigenvalue weighted by atomic mass is 16.5. The molecule has 0 fully saturated rings. The van der Waals surface area contributed by atoms with Crippen molar-refractivity contribution >= 4 is 34.9 Å². The highest BCUT2D eigenvalue weighted by Gasteiger charge is 2.17. The van der Waals surface area contributed by atoms with Crippen molar-refractivity contribution < 1.29 is 28.7 Å². The number of esters is 2. The summed E-state index contributed by atoms with van der Waals surface area (Å²) < 4.78 is 8.77. The number of hydrogen-bond acceptors (Lipinski definition) is 7. The molecule has 2 aromatic carbocycles. The summed E-state index contributed by atoms with van der Waals surface area (Å²) in [5.74, 6) is -3.29. The first-order chi connectivity index (χ1) is 12.0. The number of carbonyl (C=O) groups is 4. The summed E-state index contributed by atoms with van der Waals surface area (Å²) in [7, 11) is 2.29. The number of carbonyl (C=O) groups excluding carboxylic acids is 4. The van der Waals surface area contributed by atoms with Crippen LogP contribution >= 0.6 is 0 Å². The van der Waals surface area contributed by atoms with Gasteiger partial charge in [-0.05, 0) is 48.5 Å². The maximum Gasteiger partial charge on any atom is 0.379 e. The minimum atomic E-state index is -0.924. The van der Waals surface area contributed by atoms with E-state index in [4.69, 9.17) is 0 Å². The van der Waals surface area contributed by atoms with Gasteiger partial charge < -0.3 is 14.8 Å². The van der Waals surface area contributed by atoms with Crippen LogP contribution in [0.25, 0.3) is 0 Å². The first-order valence-corrected chi connectivity index (χ1v) is 7.18. The van der Waals surface area contributed by atoms with Crippen molar-refractivity contribution in [1.82, 2.24) is 0 Å². The third kappa shape index (κ3) is 4.29. The summed E-state index contributed by atoms with van der Waals surface area (Å²) >= 11 is 0. The van der Waals surface area contributed by atoms with E-state index < -0.39 is 23.5 Å². The maximum absolute atomic E-state index is 11.7. The molecular formula is C18H15NO6. The van der Waals surface area contributed by atoms with Gasteiger partial charge in [0, 0.05) is 22.5 Å². The Bertz CT molecular complexity index is 739. The van der Waals surface area contributed by atoms with Gasteiger partial charge in [0.05, 0.1) is 14.2 Å². The first-order valence-electron chi connectivity index (χ1n) is 7.18. The van der Waals surface area contributed by atoms with Gasteiger partial charge in [0.15, 0.2) is 0 Å². The fraction of sp³-hybridized carbons (Fsp3) is 0.111. The average Bonchev–Trinajstić information content (AvgIpc) is 2.66. The number of methoxy groups -OCH3 is 2. The molecular weight excluding hydrogens is 326 g/mol. The highest BCUT2D eigenvalue weighted by molar-refractivity contribution is 6.41. The Morgan fingerprint density at radius 3 is 1.24 bits per heavy atom. The number of nitrogens with one attached hydrogen (secondary N) is 1. The molecule has 0 bridgehead atoms. The van der Waals surface area contributed by atoms with Gasteiger partial charge in [-0.1, -0.05) is 0 Å². The minimum Gasteiger partial charge on any atom is -0.463 e. The molecule has 0 heterocycles. The number of rotatable bonds is 6. The topological polar surface area (TPSA) is 98.8 Å². The molecule has 1 N–H and O–H groups in total. The summed E-state index contributed by atoms with van der Waals surface area (Å²) in [6.45, 7) is 0. The molecule has 0 aliphatic carbocycles. The molecule has 0 spiro atoms. The van der Waals surface area contributed by atoms with E-state index >= 15 is 0 Å². The lowest BCUT2D eigenvalue weighted by Crippen LogP contribution is -2.15. The van der Waals surface area contributed by atoms with Crippen molar-refractivity contribution in [2.75, 3.05) is 19.5 Å². The molecule has 2 rings (SSSR count). The molecule has 25 heavy (non-hydrogen) atoms. The average molecular weight is 341 g/mol. The van der Waals surface area contributed by atoms with Gasteiger partial charge in [-0.2, -0.15) is 0 Å². The van der Waals surface area contributed by atoms with Gasteiger partial charge in [0.25, 0.3) is 11.6 Å². The van der Waals surface area contributed by atoms with E-state index in [2.05, 4.69) is 14.8 Å². The van der Waals surface area contributed by atoms with Crippen LogP contribution in [0.1, 0.15) is 20.7 Å². The summed E-state index contributed by atoms with van der Waals surface area (Å²) in [6.07, 6.45) is 0. The Morgan fingerprint density at radius 1 is 0.640 bits per heavy atom. The third-order valence-corrected chi connectivity index (χ3v) is 3.32. The van der Waals surface area contributed by atoms with E-state index in [1.54, 1.807) is 24.3 Å². The largest absolute Gasteiger partial charge is 0.463 e. The molecule has 128 valence electrons. The lowest BCUT2D eigenvalue weighted by atomic mass is 10.1. The predicted molar refractivity (Wildman–Crippen MR) is 88.9 cm³/mol. The quantitative estimate of drug-likeness (QED) is 0.488. The van der Waals surface area contributed by atoms with E-state index in [1.807, 2.05) is 0 Å². The number of hydrogen-bond donors (Lipinski definition) is 1. The molecule has 0 aromatic heterocycles. The van der Waals surface area contributed by atoms with E-state index in [0.29, 0.717) is 11.4 Å². The minimum absolute atomic E-state index is 0.219. The molecule has 0 aliphatic rings. The van der Waals surface area contributed by atoms with Gasteiger partial charge in [-0.15, -0.1) is 0 Å². The molecule has 0 aliphatic heterocycles. The summed E-state index contributed by atoms with van der Waals surface area (Å²) in [5.41, 5.74) is 1.79. The van der Waals surface area contributed by atoms with Crippen molar-refractivity contribution in [3.8, 4) is 0 Å². The van der Waals surface area contributed by atoms with Crippen LogP contribution in [0.5, 0.6) is 0 Å². The summed E-state index contributed by atoms with van der Waals surface area (Å²) in [5, 5.41) is 3.07. The smallest absolute Gasteiger partial charge is 0.379 e. The Kier molecular flexibility index (Phi) is 5.62. The predicted octanol–water partition coefficient (Wildman–Crippen LogP) is 2.14. The van der Waals surface area contributed by atoms with Gasteiger partial charge in [0.2, 0.25) is 0 Å². The van der Waals surface area contributed by atoms with Crippen molar-refractivity contribution in [3.63, 3.8) is 0 Å². The number of ketones is 2. The van der Waals surface area contributed by atoms with Crippen LogP contribution in [-0.2, 0) is 19.1 Å². The standard InChI is InChI=1S/C18H15NO6/c1-24-17(22)15(20)11-3-7-13(8-4-11)19-14-9-5-12(6-10-14)16(21)18(23)25-2/h3-10,19H,1-2H3. The normalized spacial score (nSPS) is 9.84. The van der Waals surface area contributed by atoms with Crippen LogP contribution in [-0.4, -0.2) is 37.7 Å². The lowest BCUT2D eigenvalue weighted by Gasteiger charge is -2.08. The second-order valence-electron chi connectivity index (χ2n) is 4.92. The Labute approximate surface area is 143 Å². The van der Waals surface area contributed by atoms with Gasteiger partial charge >= 0.3 is 11.9 Å². The monoisotopic (exact) mass is 341 g/mol. The Balaban J connectivity index is 2.07. The summed E-state index contributed by atoms with van der Waals surface area (Å²) in [6, 6.07) is 12.5. The van der Waals surface area contributed by atoms with Crippen molar-refractivity contribution in [1.29, 1.82) is 0 Å². The maximum atomic E-state index is 11.7. The molecule has 7 nitrogen and oxygen atoms in total. The molecule has 0 atom stereocenters. The molecule has 0 amide bonds. The second-order valence-corrected chi connectivity index (χ2v) is 4.92. The number of anilines is 2. The van der Waals surface area contributed by atoms with E-state index in [9.17, 15) is 19.2 Å². The van der Waals surface area contributed by atoms with Crippen molar-refractivity contribution in [2.24, 2.45) is 0 Å². The molecule has 0 saturated carbocycles. The highest BCUT2D eigenvalue weighted by Crippen LogP contribution is 2.18. The lowest BCUT2D eigenvalue weighted by molar-refractivity contribution is -0.135. The van der Waals surface area contributed by atoms with Gasteiger partial charge in [0.1, 0.15) is 0 Å². The zero-order valence-electron chi connectivity index (χ0n) is 13.6. The SMILES string of the molecule is COC(=O)C(=O)c1ccc(Nc2ccc(C(=O)C(=O)OC)cc2)cc1. The zero-order valence-corrected chi connectivity index (χ0v) is 13.6. The second kappa shape index (κ2) is 7.87. The number of Topliss-reactive ketones (excluding diaryl/α,β-unsaturated/α-hetero) is 2. The van der Waals surface area contributed by atoms with Crippen LogP contribution in [0.4, 0.5) is 11.4 Å². The Morgan fingerprint density at radius 2 is 0.960 bits per heavy atom. The van der Waals surface area contributed by atoms with Gasteiger partial charge in [-0.25, -0.2) is 9.59 Å². The van der Waals surface area contributed by atoms with Crippen LogP contribution in [0.2, 0.25) is 0 Å². The molecule has 0 saturated heterocycles. The van der Waals surface area contributed by atoms with Crippen LogP contribution in [0, 0.1) is 0 Å². The van der Waals surface area contributed by atoms with E-state index in [1.165, 1.54) is 24.3 Å². The van der Waals surface area contributed by atoms with E-state index in [-0.39, 0.29) is 11.1 Å². The summed E-state index contributed by atoms with van der Waals surface area (Å²) in [4.78, 5) is 45.7. The van der Waals surface area contributed by atoms with E-state index in [0.717, 1.165) is 14.2 Å². The van der Waals surface area contributed by atoms with Crippen LogP contribution in [0.15, 0.2) is 48.5 Å². The van der Waals surface area contributed by atoms with Crippen molar-refractivity contribution in [3.05, 3.63) is 59.7 Å².